The molecule has 0 rings (SSSR count). The van der Waals surface area contributed by atoms with E-state index >= 15 is 0 Å². The van der Waals surface area contributed by atoms with Crippen LogP contribution in [0.2, 0.25) is 0 Å². The van der Waals surface area contributed by atoms with Crippen LogP contribution in [0.5, 0.6) is 0 Å². The van der Waals surface area contributed by atoms with Gasteiger partial charge in [0, 0.05) is 13.7 Å². The zero-order chi connectivity index (χ0) is 9.61. The number of aliphatic hydroxyl groups is 1. The molecule has 3 N–H and O–H groups in total. The minimum Gasteiger partial charge on any atom is -0.394 e. The van der Waals surface area contributed by atoms with E-state index in [1.807, 2.05) is 13.8 Å². The van der Waals surface area contributed by atoms with Crippen molar-refractivity contribution in [3.8, 4) is 0 Å². The summed E-state index contributed by atoms with van der Waals surface area (Å²) >= 11 is 0. The molecule has 74 valence electrons. The van der Waals surface area contributed by atoms with Crippen LogP contribution in [0.1, 0.15) is 13.8 Å². The molecule has 0 amide bonds. The summed E-state index contributed by atoms with van der Waals surface area (Å²) in [4.78, 5) is 0. The SMILES string of the molecule is COC(C)C(C)(CN)OCCO. The van der Waals surface area contributed by atoms with Crippen LogP contribution in [-0.2, 0) is 9.47 Å². The van der Waals surface area contributed by atoms with Gasteiger partial charge in [0.1, 0.15) is 5.60 Å². The summed E-state index contributed by atoms with van der Waals surface area (Å²) in [5, 5.41) is 8.57. The quantitative estimate of drug-likeness (QED) is 0.587. The molecule has 4 heteroatoms. The Labute approximate surface area is 73.7 Å². The lowest BCUT2D eigenvalue weighted by Gasteiger charge is -2.33. The smallest absolute Gasteiger partial charge is 0.103 e. The van der Waals surface area contributed by atoms with Gasteiger partial charge in [-0.15, -0.1) is 0 Å². The third-order valence-corrected chi connectivity index (χ3v) is 2.14. The highest BCUT2D eigenvalue weighted by molar-refractivity contribution is 4.83. The Kier molecular flexibility index (Phi) is 5.41. The highest BCUT2D eigenvalue weighted by atomic mass is 16.5. The lowest BCUT2D eigenvalue weighted by molar-refractivity contribution is -0.118. The van der Waals surface area contributed by atoms with E-state index in [4.69, 9.17) is 20.3 Å². The van der Waals surface area contributed by atoms with E-state index in [0.29, 0.717) is 13.2 Å². The van der Waals surface area contributed by atoms with Crippen LogP contribution in [0.25, 0.3) is 0 Å². The summed E-state index contributed by atoms with van der Waals surface area (Å²) in [7, 11) is 1.61. The third kappa shape index (κ3) is 3.06. The number of aliphatic hydroxyl groups excluding tert-OH is 1. The van der Waals surface area contributed by atoms with Crippen molar-refractivity contribution in [2.24, 2.45) is 5.73 Å². The number of hydrogen-bond donors (Lipinski definition) is 2. The van der Waals surface area contributed by atoms with Gasteiger partial charge in [0.05, 0.1) is 19.3 Å². The molecule has 2 unspecified atom stereocenters. The van der Waals surface area contributed by atoms with Crippen LogP contribution in [0.4, 0.5) is 0 Å². The average molecular weight is 177 g/mol. The van der Waals surface area contributed by atoms with E-state index in [2.05, 4.69) is 0 Å². The van der Waals surface area contributed by atoms with Gasteiger partial charge in [-0.25, -0.2) is 0 Å². The Balaban J connectivity index is 4.03. The van der Waals surface area contributed by atoms with E-state index < -0.39 is 5.60 Å². The Morgan fingerprint density at radius 1 is 1.58 bits per heavy atom. The number of methoxy groups -OCH3 is 1. The summed E-state index contributed by atoms with van der Waals surface area (Å²) in [5.74, 6) is 0. The van der Waals surface area contributed by atoms with Gasteiger partial charge in [-0.1, -0.05) is 0 Å². The number of ether oxygens (including phenoxy) is 2. The van der Waals surface area contributed by atoms with Gasteiger partial charge in [-0.2, -0.15) is 0 Å². The molecule has 0 aliphatic heterocycles. The van der Waals surface area contributed by atoms with E-state index in [0.717, 1.165) is 0 Å². The molecule has 0 aliphatic carbocycles. The summed E-state index contributed by atoms with van der Waals surface area (Å²) in [6, 6.07) is 0. The normalized spacial score (nSPS) is 18.8. The van der Waals surface area contributed by atoms with Crippen molar-refractivity contribution in [1.29, 1.82) is 0 Å². The largest absolute Gasteiger partial charge is 0.394 e. The first-order valence-corrected chi connectivity index (χ1v) is 4.08. The summed E-state index contributed by atoms with van der Waals surface area (Å²) in [6.45, 7) is 4.44. The molecule has 0 fully saturated rings. The maximum atomic E-state index is 8.57. The molecule has 12 heavy (non-hydrogen) atoms. The Bertz CT molecular complexity index is 121. The minimum atomic E-state index is -0.502. The van der Waals surface area contributed by atoms with Gasteiger partial charge < -0.3 is 20.3 Å². The van der Waals surface area contributed by atoms with Crippen molar-refractivity contribution in [3.63, 3.8) is 0 Å². The molecule has 0 saturated heterocycles. The molecular formula is C8H19NO3. The molecule has 0 spiro atoms. The fourth-order valence-electron chi connectivity index (χ4n) is 0.870. The molecule has 0 saturated carbocycles. The van der Waals surface area contributed by atoms with Gasteiger partial charge in [-0.05, 0) is 13.8 Å². The molecule has 0 aromatic heterocycles. The standard InChI is InChI=1S/C8H19NO3/c1-7(11-3)8(2,6-9)12-5-4-10/h7,10H,4-6,9H2,1-3H3. The monoisotopic (exact) mass is 177 g/mol. The first-order valence-electron chi connectivity index (χ1n) is 4.08. The molecule has 0 aliphatic rings. The van der Waals surface area contributed by atoms with Crippen molar-refractivity contribution in [2.75, 3.05) is 26.9 Å². The zero-order valence-electron chi connectivity index (χ0n) is 8.04. The summed E-state index contributed by atoms with van der Waals surface area (Å²) in [5.41, 5.74) is 5.04. The average Bonchev–Trinajstić information content (AvgIpc) is 2.12. The third-order valence-electron chi connectivity index (χ3n) is 2.14. The van der Waals surface area contributed by atoms with Crippen LogP contribution < -0.4 is 5.73 Å². The van der Waals surface area contributed by atoms with Gasteiger partial charge >= 0.3 is 0 Å². The lowest BCUT2D eigenvalue weighted by atomic mass is 10.0. The van der Waals surface area contributed by atoms with E-state index in [-0.39, 0.29) is 12.7 Å². The van der Waals surface area contributed by atoms with Crippen LogP contribution in [-0.4, -0.2) is 43.7 Å². The second kappa shape index (κ2) is 5.48. The summed E-state index contributed by atoms with van der Waals surface area (Å²) in [6.07, 6.45) is -0.0750. The second-order valence-electron chi connectivity index (χ2n) is 2.97. The van der Waals surface area contributed by atoms with E-state index in [1.165, 1.54) is 0 Å². The molecular weight excluding hydrogens is 158 g/mol. The van der Waals surface area contributed by atoms with Gasteiger partial charge in [-0.3, -0.25) is 0 Å². The topological polar surface area (TPSA) is 64.7 Å². The number of nitrogens with two attached hydrogens (primary N) is 1. The van der Waals surface area contributed by atoms with Crippen molar-refractivity contribution >= 4 is 0 Å². The highest BCUT2D eigenvalue weighted by Crippen LogP contribution is 2.16. The lowest BCUT2D eigenvalue weighted by Crippen LogP contribution is -2.48. The van der Waals surface area contributed by atoms with Gasteiger partial charge in [0.15, 0.2) is 0 Å². The predicted octanol–water partition coefficient (Wildman–Crippen LogP) is -0.252. The first-order chi connectivity index (χ1) is 5.60. The van der Waals surface area contributed by atoms with Crippen molar-refractivity contribution in [1.82, 2.24) is 0 Å². The van der Waals surface area contributed by atoms with Gasteiger partial charge in [0.2, 0.25) is 0 Å². The van der Waals surface area contributed by atoms with E-state index in [9.17, 15) is 0 Å². The maximum Gasteiger partial charge on any atom is 0.103 e. The summed E-state index contributed by atoms with van der Waals surface area (Å²) < 4.78 is 10.5. The van der Waals surface area contributed by atoms with E-state index in [1.54, 1.807) is 7.11 Å². The molecule has 4 nitrogen and oxygen atoms in total. The molecule has 0 radical (unpaired) electrons. The zero-order valence-corrected chi connectivity index (χ0v) is 8.04. The highest BCUT2D eigenvalue weighted by Gasteiger charge is 2.30. The fraction of sp³-hybridized carbons (Fsp3) is 1.00. The first kappa shape index (κ1) is 11.8. The van der Waals surface area contributed by atoms with Crippen molar-refractivity contribution in [3.05, 3.63) is 0 Å². The molecule has 0 aromatic rings. The second-order valence-corrected chi connectivity index (χ2v) is 2.97. The molecule has 2 atom stereocenters. The van der Waals surface area contributed by atoms with Crippen LogP contribution in [0, 0.1) is 0 Å². The van der Waals surface area contributed by atoms with Crippen molar-refractivity contribution in [2.45, 2.75) is 25.6 Å². The fourth-order valence-corrected chi connectivity index (χ4v) is 0.870. The Morgan fingerprint density at radius 3 is 2.50 bits per heavy atom. The predicted molar refractivity (Wildman–Crippen MR) is 47.0 cm³/mol. The van der Waals surface area contributed by atoms with Crippen LogP contribution in [0.15, 0.2) is 0 Å². The minimum absolute atomic E-state index is 0.00598. The molecule has 0 heterocycles. The van der Waals surface area contributed by atoms with Crippen LogP contribution >= 0.6 is 0 Å². The Hall–Kier alpha value is -0.160. The number of hydrogen-bond acceptors (Lipinski definition) is 4. The molecule has 0 aromatic carbocycles. The molecule has 0 bridgehead atoms. The van der Waals surface area contributed by atoms with Crippen LogP contribution in [0.3, 0.4) is 0 Å². The van der Waals surface area contributed by atoms with Crippen molar-refractivity contribution < 1.29 is 14.6 Å². The maximum absolute atomic E-state index is 8.57. The number of rotatable bonds is 6. The van der Waals surface area contributed by atoms with Gasteiger partial charge in [0.25, 0.3) is 0 Å². The Morgan fingerprint density at radius 2 is 2.17 bits per heavy atom.